The van der Waals surface area contributed by atoms with Crippen molar-refractivity contribution in [2.75, 3.05) is 12.3 Å². The molecule has 0 aliphatic carbocycles. The summed E-state index contributed by atoms with van der Waals surface area (Å²) in [4.78, 5) is 0. The lowest BCUT2D eigenvalue weighted by Gasteiger charge is -2.05. The number of hydrogen-bond acceptors (Lipinski definition) is 0. The van der Waals surface area contributed by atoms with Crippen molar-refractivity contribution in [1.82, 2.24) is 0 Å². The summed E-state index contributed by atoms with van der Waals surface area (Å²) in [5.74, 6) is 0. The summed E-state index contributed by atoms with van der Waals surface area (Å²) in [6, 6.07) is 0. The fourth-order valence-electron chi connectivity index (χ4n) is 7.07. The zero-order valence-electron chi connectivity index (χ0n) is 32.1. The molecule has 0 saturated carbocycles. The zero-order valence-corrected chi connectivity index (χ0v) is 33.0. The van der Waals surface area contributed by atoms with E-state index in [9.17, 15) is 0 Å². The van der Waals surface area contributed by atoms with Crippen LogP contribution in [0.2, 0.25) is 0 Å². The average molecular weight is 650 g/mol. The van der Waals surface area contributed by atoms with Gasteiger partial charge in [0.05, 0.1) is 0 Å². The number of unbranched alkanes of at least 4 members (excludes halogenated alkanes) is 38. The van der Waals surface area contributed by atoms with Crippen LogP contribution in [0, 0.1) is 0 Å². The topological polar surface area (TPSA) is 0 Å². The number of rotatable bonds is 42. The lowest BCUT2D eigenvalue weighted by Crippen LogP contribution is -1.86. The van der Waals surface area contributed by atoms with Crippen molar-refractivity contribution >= 4 is 8.58 Å². The molecule has 0 aliphatic rings. The summed E-state index contributed by atoms with van der Waals surface area (Å²) < 4.78 is 0. The molecular formula is C44H90P. The van der Waals surface area contributed by atoms with Crippen LogP contribution >= 0.6 is 8.58 Å². The first-order valence-corrected chi connectivity index (χ1v) is 23.3. The minimum atomic E-state index is 1.37. The van der Waals surface area contributed by atoms with E-state index < -0.39 is 0 Å². The molecule has 45 heavy (non-hydrogen) atoms. The van der Waals surface area contributed by atoms with Gasteiger partial charge in [0, 0.05) is 0 Å². The maximum atomic E-state index is 2.31. The second kappa shape index (κ2) is 44.4. The molecule has 0 amide bonds. The molecule has 0 bridgehead atoms. The van der Waals surface area contributed by atoms with Crippen molar-refractivity contribution in [3.05, 3.63) is 0 Å². The second-order valence-electron chi connectivity index (χ2n) is 15.1. The monoisotopic (exact) mass is 650 g/mol. The lowest BCUT2D eigenvalue weighted by atomic mass is 10.0. The molecule has 0 rings (SSSR count). The van der Waals surface area contributed by atoms with Gasteiger partial charge < -0.3 is 0 Å². The Morgan fingerprint density at radius 2 is 0.311 bits per heavy atom. The van der Waals surface area contributed by atoms with Crippen molar-refractivity contribution in [3.63, 3.8) is 0 Å². The lowest BCUT2D eigenvalue weighted by molar-refractivity contribution is 0.523. The highest BCUT2D eigenvalue weighted by molar-refractivity contribution is 7.37. The zero-order chi connectivity index (χ0) is 32.4. The Morgan fingerprint density at radius 3 is 0.467 bits per heavy atom. The molecule has 0 aromatic rings. The third-order valence-electron chi connectivity index (χ3n) is 10.3. The highest BCUT2D eigenvalue weighted by Crippen LogP contribution is 2.20. The molecule has 0 aliphatic heterocycles. The summed E-state index contributed by atoms with van der Waals surface area (Å²) in [6.45, 7) is 4.62. The molecule has 0 aromatic heterocycles. The summed E-state index contributed by atoms with van der Waals surface area (Å²) >= 11 is 0. The van der Waals surface area contributed by atoms with E-state index in [1.807, 2.05) is 0 Å². The summed E-state index contributed by atoms with van der Waals surface area (Å²) in [6.07, 6.45) is 62.2. The first kappa shape index (κ1) is 45.4. The Morgan fingerprint density at radius 1 is 0.178 bits per heavy atom. The Hall–Kier alpha value is 0.430. The van der Waals surface area contributed by atoms with Gasteiger partial charge in [0.25, 0.3) is 0 Å². The van der Waals surface area contributed by atoms with Crippen LogP contribution in [0.1, 0.15) is 271 Å². The molecule has 1 radical (unpaired) electrons. The van der Waals surface area contributed by atoms with Gasteiger partial charge in [-0.3, -0.25) is 0 Å². The van der Waals surface area contributed by atoms with Crippen molar-refractivity contribution in [1.29, 1.82) is 0 Å². The van der Waals surface area contributed by atoms with Crippen molar-refractivity contribution in [3.8, 4) is 0 Å². The largest absolute Gasteiger partial charge is 0.0810 e. The van der Waals surface area contributed by atoms with E-state index in [1.54, 1.807) is 8.58 Å². The van der Waals surface area contributed by atoms with Gasteiger partial charge in [-0.05, 0) is 25.2 Å². The van der Waals surface area contributed by atoms with E-state index in [0.29, 0.717) is 0 Å². The van der Waals surface area contributed by atoms with E-state index in [0.717, 1.165) is 0 Å². The van der Waals surface area contributed by atoms with Crippen LogP contribution < -0.4 is 0 Å². The first-order chi connectivity index (χ1) is 22.4. The highest BCUT2D eigenvalue weighted by Gasteiger charge is 1.98. The molecular weight excluding hydrogens is 559 g/mol. The third kappa shape index (κ3) is 44.4. The smallest absolute Gasteiger partial charge is 0.0287 e. The molecule has 1 heteroatoms. The fourth-order valence-corrected chi connectivity index (χ4v) is 8.19. The predicted molar refractivity (Wildman–Crippen MR) is 213 cm³/mol. The van der Waals surface area contributed by atoms with Crippen LogP contribution in [0.5, 0.6) is 0 Å². The summed E-state index contributed by atoms with van der Waals surface area (Å²) in [5, 5.41) is 0. The molecule has 0 heterocycles. The SMILES string of the molecule is CCCCCCCCCCCCCCCCCCCCCC[P]CCCCCCCCCCCCCCCCCCCCCC. The summed E-state index contributed by atoms with van der Waals surface area (Å²) in [5.41, 5.74) is 0. The van der Waals surface area contributed by atoms with Gasteiger partial charge in [-0.15, -0.1) is 0 Å². The van der Waals surface area contributed by atoms with E-state index in [4.69, 9.17) is 0 Å². The normalized spacial score (nSPS) is 11.6. The van der Waals surface area contributed by atoms with Gasteiger partial charge in [0.2, 0.25) is 0 Å². The molecule has 0 fully saturated rings. The minimum absolute atomic E-state index is 1.37. The van der Waals surface area contributed by atoms with Crippen LogP contribution in [0.25, 0.3) is 0 Å². The Kier molecular flexibility index (Phi) is 44.9. The molecule has 0 unspecified atom stereocenters. The van der Waals surface area contributed by atoms with E-state index in [1.165, 1.54) is 269 Å². The molecule has 271 valence electrons. The van der Waals surface area contributed by atoms with E-state index in [2.05, 4.69) is 13.8 Å². The van der Waals surface area contributed by atoms with Crippen LogP contribution in [-0.2, 0) is 0 Å². The Bertz CT molecular complexity index is 432. The van der Waals surface area contributed by atoms with Gasteiger partial charge in [0.15, 0.2) is 0 Å². The standard InChI is InChI=1S/C44H90P/c1-3-5-7-9-11-13-15-17-19-21-23-25-27-29-31-33-35-37-39-41-43-45-44-42-40-38-36-34-32-30-28-26-24-22-20-18-16-14-12-10-8-6-4-2/h3-44H2,1-2H3. The van der Waals surface area contributed by atoms with Crippen LogP contribution in [-0.4, -0.2) is 12.3 Å². The Labute approximate surface area is 290 Å². The highest BCUT2D eigenvalue weighted by atomic mass is 31.1. The quantitative estimate of drug-likeness (QED) is 0.0456. The van der Waals surface area contributed by atoms with E-state index in [-0.39, 0.29) is 0 Å². The maximum Gasteiger partial charge on any atom is -0.0287 e. The molecule has 0 aromatic carbocycles. The first-order valence-electron chi connectivity index (χ1n) is 22.0. The predicted octanol–water partition coefficient (Wildman–Crippen LogP) is 17.6. The van der Waals surface area contributed by atoms with Crippen molar-refractivity contribution in [2.45, 2.75) is 271 Å². The van der Waals surface area contributed by atoms with E-state index >= 15 is 0 Å². The molecule has 0 nitrogen and oxygen atoms in total. The van der Waals surface area contributed by atoms with Gasteiger partial charge in [0.1, 0.15) is 0 Å². The van der Waals surface area contributed by atoms with Crippen LogP contribution in [0.15, 0.2) is 0 Å². The van der Waals surface area contributed by atoms with Gasteiger partial charge in [-0.2, -0.15) is 0 Å². The molecule has 0 N–H and O–H groups in total. The van der Waals surface area contributed by atoms with Gasteiger partial charge in [-0.25, -0.2) is 0 Å². The van der Waals surface area contributed by atoms with Crippen molar-refractivity contribution < 1.29 is 0 Å². The Balaban J connectivity index is 3.03. The van der Waals surface area contributed by atoms with Crippen LogP contribution in [0.4, 0.5) is 0 Å². The fraction of sp³-hybridized carbons (Fsp3) is 1.00. The maximum absolute atomic E-state index is 2.31. The second-order valence-corrected chi connectivity index (χ2v) is 16.4. The van der Waals surface area contributed by atoms with Crippen molar-refractivity contribution in [2.24, 2.45) is 0 Å². The molecule has 0 saturated heterocycles. The minimum Gasteiger partial charge on any atom is -0.0810 e. The molecule has 0 spiro atoms. The van der Waals surface area contributed by atoms with Crippen LogP contribution in [0.3, 0.4) is 0 Å². The van der Waals surface area contributed by atoms with Gasteiger partial charge in [-0.1, -0.05) is 266 Å². The van der Waals surface area contributed by atoms with Gasteiger partial charge >= 0.3 is 0 Å². The number of hydrogen-bond donors (Lipinski definition) is 0. The average Bonchev–Trinajstić information content (AvgIpc) is 3.05. The third-order valence-corrected chi connectivity index (χ3v) is 11.6. The summed E-state index contributed by atoms with van der Waals surface area (Å²) in [7, 11) is 1.74. The molecule has 0 atom stereocenters.